The van der Waals surface area contributed by atoms with E-state index >= 15 is 0 Å². The van der Waals surface area contributed by atoms with Crippen LogP contribution in [0.25, 0.3) is 11.1 Å². The van der Waals surface area contributed by atoms with E-state index in [0.717, 1.165) is 11.1 Å². The van der Waals surface area contributed by atoms with Crippen molar-refractivity contribution in [3.63, 3.8) is 0 Å². The second kappa shape index (κ2) is 7.99. The van der Waals surface area contributed by atoms with Crippen LogP contribution in [0, 0.1) is 5.92 Å². The number of nitrogens with zero attached hydrogens (tertiary/aromatic N) is 4. The molecule has 2 amide bonds. The van der Waals surface area contributed by atoms with Crippen molar-refractivity contribution < 1.29 is 9.59 Å². The molecule has 3 N–H and O–H groups in total. The smallest absolute Gasteiger partial charge is 0.251 e. The van der Waals surface area contributed by atoms with Gasteiger partial charge < -0.3 is 11.1 Å². The van der Waals surface area contributed by atoms with Gasteiger partial charge in [0.15, 0.2) is 0 Å². The van der Waals surface area contributed by atoms with Gasteiger partial charge in [0.2, 0.25) is 5.91 Å². The highest BCUT2D eigenvalue weighted by Gasteiger charge is 2.23. The van der Waals surface area contributed by atoms with E-state index in [9.17, 15) is 9.59 Å². The Labute approximate surface area is 162 Å². The Morgan fingerprint density at radius 3 is 2.36 bits per heavy atom. The van der Waals surface area contributed by atoms with Crippen molar-refractivity contribution in [3.8, 4) is 11.1 Å². The van der Waals surface area contributed by atoms with Crippen LogP contribution in [0.3, 0.4) is 0 Å². The Morgan fingerprint density at radius 2 is 1.79 bits per heavy atom. The van der Waals surface area contributed by atoms with Crippen LogP contribution in [0.2, 0.25) is 0 Å². The monoisotopic (exact) mass is 378 g/mol. The summed E-state index contributed by atoms with van der Waals surface area (Å²) < 4.78 is 1.66. The Bertz CT molecular complexity index is 994. The minimum absolute atomic E-state index is 0.147. The number of carbonyl (C=O) groups is 2. The number of benzene rings is 1. The summed E-state index contributed by atoms with van der Waals surface area (Å²) in [6, 6.07) is 8.50. The summed E-state index contributed by atoms with van der Waals surface area (Å²) in [7, 11) is 1.80. The van der Waals surface area contributed by atoms with Crippen LogP contribution in [-0.4, -0.2) is 31.6 Å². The number of nitrogens with two attached hydrogens (primary N) is 1. The standard InChI is InChI=1S/C20H22N6O2/c1-12(2)17(19-23-11-24-26(19)3)25-20(28)14-6-4-13(5-7-14)15-8-16(18(21)27)10-22-9-15/h4-12,17H,1-3H3,(H2,21,27)(H,25,28)/t17-/m1/s1. The molecule has 3 rings (SSSR count). The first-order chi connectivity index (χ1) is 13.4. The van der Waals surface area contributed by atoms with Crippen molar-refractivity contribution in [2.75, 3.05) is 0 Å². The third-order valence-electron chi connectivity index (χ3n) is 4.48. The van der Waals surface area contributed by atoms with Crippen molar-refractivity contribution in [1.82, 2.24) is 25.1 Å². The van der Waals surface area contributed by atoms with Gasteiger partial charge in [-0.3, -0.25) is 19.3 Å². The Balaban J connectivity index is 1.79. The highest BCUT2D eigenvalue weighted by atomic mass is 16.2. The fourth-order valence-electron chi connectivity index (χ4n) is 2.89. The van der Waals surface area contributed by atoms with E-state index < -0.39 is 5.91 Å². The third-order valence-corrected chi connectivity index (χ3v) is 4.48. The van der Waals surface area contributed by atoms with Gasteiger partial charge in [-0.05, 0) is 29.7 Å². The van der Waals surface area contributed by atoms with E-state index in [4.69, 9.17) is 5.73 Å². The molecule has 8 nitrogen and oxygen atoms in total. The van der Waals surface area contributed by atoms with Gasteiger partial charge in [-0.25, -0.2) is 4.98 Å². The first-order valence-electron chi connectivity index (χ1n) is 8.87. The van der Waals surface area contributed by atoms with Crippen molar-refractivity contribution in [2.24, 2.45) is 18.7 Å². The first kappa shape index (κ1) is 19.2. The van der Waals surface area contributed by atoms with Crippen LogP contribution in [0.1, 0.15) is 46.4 Å². The van der Waals surface area contributed by atoms with Gasteiger partial charge in [-0.1, -0.05) is 26.0 Å². The third kappa shape index (κ3) is 4.06. The van der Waals surface area contributed by atoms with Crippen LogP contribution in [0.15, 0.2) is 49.1 Å². The lowest BCUT2D eigenvalue weighted by Gasteiger charge is -2.21. The van der Waals surface area contributed by atoms with Crippen LogP contribution in [0.4, 0.5) is 0 Å². The molecule has 1 aromatic carbocycles. The van der Waals surface area contributed by atoms with E-state index in [-0.39, 0.29) is 17.9 Å². The minimum atomic E-state index is -0.533. The van der Waals surface area contributed by atoms with E-state index in [1.54, 1.807) is 36.1 Å². The van der Waals surface area contributed by atoms with Crippen LogP contribution in [0.5, 0.6) is 0 Å². The number of primary amides is 1. The maximum atomic E-state index is 12.7. The van der Waals surface area contributed by atoms with Crippen LogP contribution < -0.4 is 11.1 Å². The predicted octanol–water partition coefficient (Wildman–Crippen LogP) is 2.10. The largest absolute Gasteiger partial charge is 0.366 e. The van der Waals surface area contributed by atoms with Crippen molar-refractivity contribution in [3.05, 3.63) is 66.0 Å². The Kier molecular flexibility index (Phi) is 5.49. The topological polar surface area (TPSA) is 116 Å². The van der Waals surface area contributed by atoms with Gasteiger partial charge >= 0.3 is 0 Å². The molecule has 0 fully saturated rings. The van der Waals surface area contributed by atoms with E-state index in [2.05, 4.69) is 20.4 Å². The van der Waals surface area contributed by atoms with E-state index in [1.807, 2.05) is 26.0 Å². The van der Waals surface area contributed by atoms with Crippen molar-refractivity contribution >= 4 is 11.8 Å². The minimum Gasteiger partial charge on any atom is -0.366 e. The molecule has 0 bridgehead atoms. The quantitative estimate of drug-likeness (QED) is 0.681. The SMILES string of the molecule is CC(C)[C@@H](NC(=O)c1ccc(-c2cncc(C(N)=O)c2)cc1)c1ncnn1C. The van der Waals surface area contributed by atoms with Crippen LogP contribution >= 0.6 is 0 Å². The summed E-state index contributed by atoms with van der Waals surface area (Å²) in [5, 5.41) is 7.10. The molecule has 0 saturated heterocycles. The number of hydrogen-bond acceptors (Lipinski definition) is 5. The molecule has 8 heteroatoms. The van der Waals surface area contributed by atoms with Gasteiger partial charge in [-0.2, -0.15) is 5.10 Å². The van der Waals surface area contributed by atoms with Gasteiger partial charge in [-0.15, -0.1) is 0 Å². The summed E-state index contributed by atoms with van der Waals surface area (Å²) in [4.78, 5) is 32.3. The zero-order valence-electron chi connectivity index (χ0n) is 16.0. The number of carbonyl (C=O) groups excluding carboxylic acids is 2. The number of hydrogen-bond donors (Lipinski definition) is 2. The first-order valence-corrected chi connectivity index (χ1v) is 8.87. The highest BCUT2D eigenvalue weighted by Crippen LogP contribution is 2.22. The number of nitrogens with one attached hydrogen (secondary N) is 1. The molecule has 0 aliphatic heterocycles. The fourth-order valence-corrected chi connectivity index (χ4v) is 2.89. The molecular weight excluding hydrogens is 356 g/mol. The van der Waals surface area contributed by atoms with E-state index in [1.165, 1.54) is 12.5 Å². The summed E-state index contributed by atoms with van der Waals surface area (Å²) in [5.41, 5.74) is 7.75. The molecular formula is C20H22N6O2. The average Bonchev–Trinajstić information content (AvgIpc) is 3.11. The fraction of sp³-hybridized carbons (Fsp3) is 0.250. The zero-order chi connectivity index (χ0) is 20.3. The molecule has 3 aromatic rings. The van der Waals surface area contributed by atoms with Crippen molar-refractivity contribution in [1.29, 1.82) is 0 Å². The maximum absolute atomic E-state index is 12.7. The number of aromatic nitrogens is 4. The molecule has 28 heavy (non-hydrogen) atoms. The molecule has 144 valence electrons. The molecule has 0 unspecified atom stereocenters. The van der Waals surface area contributed by atoms with Crippen LogP contribution in [-0.2, 0) is 7.05 Å². The molecule has 0 aliphatic rings. The normalized spacial score (nSPS) is 12.0. The molecule has 1 atom stereocenters. The molecule has 2 aromatic heterocycles. The van der Waals surface area contributed by atoms with Gasteiger partial charge in [0.1, 0.15) is 12.2 Å². The second-order valence-corrected chi connectivity index (χ2v) is 6.84. The number of rotatable bonds is 6. The summed E-state index contributed by atoms with van der Waals surface area (Å²) in [6.07, 6.45) is 4.54. The highest BCUT2D eigenvalue weighted by molar-refractivity contribution is 5.95. The summed E-state index contributed by atoms with van der Waals surface area (Å²) >= 11 is 0. The Hall–Kier alpha value is -3.55. The number of pyridine rings is 1. The average molecular weight is 378 g/mol. The lowest BCUT2D eigenvalue weighted by atomic mass is 10.0. The molecule has 0 aliphatic carbocycles. The Morgan fingerprint density at radius 1 is 1.07 bits per heavy atom. The summed E-state index contributed by atoms with van der Waals surface area (Å²) in [5.74, 6) is 0.120. The lowest BCUT2D eigenvalue weighted by Crippen LogP contribution is -2.33. The zero-order valence-corrected chi connectivity index (χ0v) is 16.0. The predicted molar refractivity (Wildman–Crippen MR) is 104 cm³/mol. The van der Waals surface area contributed by atoms with Crippen molar-refractivity contribution in [2.45, 2.75) is 19.9 Å². The lowest BCUT2D eigenvalue weighted by molar-refractivity contribution is 0.0921. The van der Waals surface area contributed by atoms with E-state index in [0.29, 0.717) is 17.0 Å². The molecule has 0 spiro atoms. The number of amides is 2. The van der Waals surface area contributed by atoms with Gasteiger partial charge in [0.25, 0.3) is 5.91 Å². The molecule has 0 radical (unpaired) electrons. The maximum Gasteiger partial charge on any atom is 0.251 e. The van der Waals surface area contributed by atoms with Gasteiger partial charge in [0.05, 0.1) is 11.6 Å². The molecule has 2 heterocycles. The number of aryl methyl sites for hydroxylation is 1. The van der Waals surface area contributed by atoms with Gasteiger partial charge in [0, 0.05) is 30.6 Å². The summed E-state index contributed by atoms with van der Waals surface area (Å²) in [6.45, 7) is 4.03. The molecule has 0 saturated carbocycles. The second-order valence-electron chi connectivity index (χ2n) is 6.84.